The maximum Gasteiger partial charge on any atom is 0.407 e. The average molecular weight is 159 g/mol. The smallest absolute Gasteiger partial charge is 0.407 e. The van der Waals surface area contributed by atoms with Crippen LogP contribution in [-0.4, -0.2) is 40.9 Å². The van der Waals surface area contributed by atoms with Crippen molar-refractivity contribution < 1.29 is 15.0 Å². The van der Waals surface area contributed by atoms with Crippen LogP contribution < -0.4 is 0 Å². The van der Waals surface area contributed by atoms with E-state index in [0.717, 1.165) is 12.8 Å². The van der Waals surface area contributed by atoms with Crippen molar-refractivity contribution in [1.29, 1.82) is 0 Å². The van der Waals surface area contributed by atoms with E-state index in [0.29, 0.717) is 19.0 Å². The van der Waals surface area contributed by atoms with Crippen LogP contribution in [0.1, 0.15) is 12.8 Å². The number of carbonyl (C=O) groups is 1. The number of aliphatic hydroxyl groups excluding tert-OH is 1. The van der Waals surface area contributed by atoms with Crippen LogP contribution in [0.4, 0.5) is 4.79 Å². The summed E-state index contributed by atoms with van der Waals surface area (Å²) in [4.78, 5) is 11.8. The molecule has 1 amide bonds. The molecule has 11 heavy (non-hydrogen) atoms. The molecule has 2 N–H and O–H groups in total. The van der Waals surface area contributed by atoms with E-state index in [1.165, 1.54) is 4.90 Å². The first-order valence-corrected chi connectivity index (χ1v) is 3.82. The highest BCUT2D eigenvalue weighted by Crippen LogP contribution is 2.18. The third kappa shape index (κ3) is 2.08. The summed E-state index contributed by atoms with van der Waals surface area (Å²) in [6.45, 7) is 1.38. The molecule has 64 valence electrons. The first-order valence-electron chi connectivity index (χ1n) is 3.82. The van der Waals surface area contributed by atoms with Crippen LogP contribution in [0, 0.1) is 5.92 Å². The van der Waals surface area contributed by atoms with Gasteiger partial charge in [-0.3, -0.25) is 0 Å². The predicted molar refractivity (Wildman–Crippen MR) is 39.4 cm³/mol. The Bertz CT molecular complexity index is 149. The number of nitrogens with zero attached hydrogens (tertiary/aromatic N) is 1. The Morgan fingerprint density at radius 2 is 2.36 bits per heavy atom. The first-order chi connectivity index (χ1) is 5.24. The largest absolute Gasteiger partial charge is 0.465 e. The Labute approximate surface area is 65.4 Å². The number of rotatable bonds is 2. The van der Waals surface area contributed by atoms with Gasteiger partial charge in [0, 0.05) is 19.7 Å². The van der Waals surface area contributed by atoms with Gasteiger partial charge in [-0.05, 0) is 18.8 Å². The summed E-state index contributed by atoms with van der Waals surface area (Å²) in [6.07, 6.45) is 0.779. The molecule has 0 unspecified atom stereocenters. The number of aliphatic hydroxyl groups is 1. The Hall–Kier alpha value is -0.770. The molecular formula is C7H13NO3. The Balaban J connectivity index is 2.29. The average Bonchev–Trinajstić information content (AvgIpc) is 2.37. The minimum absolute atomic E-state index is 0.165. The van der Waals surface area contributed by atoms with Gasteiger partial charge < -0.3 is 15.1 Å². The molecule has 1 aliphatic rings. The van der Waals surface area contributed by atoms with Gasteiger partial charge in [-0.15, -0.1) is 0 Å². The second kappa shape index (κ2) is 3.57. The van der Waals surface area contributed by atoms with Crippen molar-refractivity contribution >= 4 is 6.09 Å². The van der Waals surface area contributed by atoms with Gasteiger partial charge in [-0.25, -0.2) is 4.79 Å². The summed E-state index contributed by atoms with van der Waals surface area (Å²) in [6, 6.07) is 0. The third-order valence-corrected chi connectivity index (χ3v) is 2.09. The zero-order valence-corrected chi connectivity index (χ0v) is 6.36. The maximum atomic E-state index is 10.4. The molecule has 0 aromatic carbocycles. The summed E-state index contributed by atoms with van der Waals surface area (Å²) < 4.78 is 0. The van der Waals surface area contributed by atoms with Crippen molar-refractivity contribution in [2.24, 2.45) is 5.92 Å². The highest BCUT2D eigenvalue weighted by atomic mass is 16.4. The Morgan fingerprint density at radius 3 is 2.82 bits per heavy atom. The van der Waals surface area contributed by atoms with Gasteiger partial charge in [-0.2, -0.15) is 0 Å². The monoisotopic (exact) mass is 159 g/mol. The van der Waals surface area contributed by atoms with Crippen LogP contribution in [0.25, 0.3) is 0 Å². The molecule has 0 aromatic heterocycles. The molecule has 1 fully saturated rings. The molecule has 4 heteroatoms. The van der Waals surface area contributed by atoms with Crippen LogP contribution in [-0.2, 0) is 0 Å². The fraction of sp³-hybridized carbons (Fsp3) is 0.857. The van der Waals surface area contributed by atoms with Crippen LogP contribution in [0.15, 0.2) is 0 Å². The van der Waals surface area contributed by atoms with Crippen LogP contribution in [0.3, 0.4) is 0 Å². The quantitative estimate of drug-likeness (QED) is 0.612. The van der Waals surface area contributed by atoms with E-state index in [2.05, 4.69) is 0 Å². The molecule has 0 bridgehead atoms. The van der Waals surface area contributed by atoms with E-state index in [4.69, 9.17) is 10.2 Å². The lowest BCUT2D eigenvalue weighted by Crippen LogP contribution is -2.26. The second-order valence-electron chi connectivity index (χ2n) is 2.90. The van der Waals surface area contributed by atoms with E-state index in [-0.39, 0.29) is 6.61 Å². The van der Waals surface area contributed by atoms with E-state index in [9.17, 15) is 4.79 Å². The van der Waals surface area contributed by atoms with Crippen molar-refractivity contribution in [3.63, 3.8) is 0 Å². The zero-order valence-electron chi connectivity index (χ0n) is 6.36. The Kier molecular flexibility index (Phi) is 2.70. The van der Waals surface area contributed by atoms with Crippen molar-refractivity contribution in [3.8, 4) is 0 Å². The van der Waals surface area contributed by atoms with Gasteiger partial charge in [0.05, 0.1) is 0 Å². The number of hydrogen-bond acceptors (Lipinski definition) is 2. The standard InChI is InChI=1S/C7H13NO3/c9-4-2-6-1-3-8(5-6)7(10)11/h6,9H,1-5H2,(H,10,11)/t6-/m0/s1. The summed E-state index contributed by atoms with van der Waals surface area (Å²) in [5.74, 6) is 0.371. The van der Waals surface area contributed by atoms with Crippen LogP contribution >= 0.6 is 0 Å². The summed E-state index contributed by atoms with van der Waals surface area (Å²) in [5.41, 5.74) is 0. The van der Waals surface area contributed by atoms with Crippen molar-refractivity contribution in [2.45, 2.75) is 12.8 Å². The van der Waals surface area contributed by atoms with Crippen molar-refractivity contribution in [1.82, 2.24) is 4.90 Å². The van der Waals surface area contributed by atoms with Crippen LogP contribution in [0.2, 0.25) is 0 Å². The van der Waals surface area contributed by atoms with E-state index in [1.807, 2.05) is 0 Å². The van der Waals surface area contributed by atoms with Crippen LogP contribution in [0.5, 0.6) is 0 Å². The number of hydrogen-bond donors (Lipinski definition) is 2. The summed E-state index contributed by atoms with van der Waals surface area (Å²) >= 11 is 0. The molecule has 0 aliphatic carbocycles. The first kappa shape index (κ1) is 8.33. The molecule has 1 rings (SSSR count). The number of amides is 1. The van der Waals surface area contributed by atoms with Gasteiger partial charge in [0.25, 0.3) is 0 Å². The van der Waals surface area contributed by atoms with E-state index < -0.39 is 6.09 Å². The molecule has 0 radical (unpaired) electrons. The lowest BCUT2D eigenvalue weighted by Gasteiger charge is -2.10. The highest BCUT2D eigenvalue weighted by Gasteiger charge is 2.24. The molecular weight excluding hydrogens is 146 g/mol. The minimum atomic E-state index is -0.842. The third-order valence-electron chi connectivity index (χ3n) is 2.09. The van der Waals surface area contributed by atoms with Crippen molar-refractivity contribution in [3.05, 3.63) is 0 Å². The minimum Gasteiger partial charge on any atom is -0.465 e. The second-order valence-corrected chi connectivity index (χ2v) is 2.90. The number of likely N-dealkylation sites (tertiary alicyclic amines) is 1. The SMILES string of the molecule is O=C(O)N1CC[C@@H](CCO)C1. The Morgan fingerprint density at radius 1 is 1.64 bits per heavy atom. The topological polar surface area (TPSA) is 60.8 Å². The molecule has 0 saturated carbocycles. The lowest BCUT2D eigenvalue weighted by molar-refractivity contribution is 0.153. The summed E-state index contributed by atoms with van der Waals surface area (Å²) in [7, 11) is 0. The normalized spacial score (nSPS) is 24.1. The van der Waals surface area contributed by atoms with E-state index >= 15 is 0 Å². The lowest BCUT2D eigenvalue weighted by atomic mass is 10.1. The maximum absolute atomic E-state index is 10.4. The van der Waals surface area contributed by atoms with Gasteiger partial charge in [-0.1, -0.05) is 0 Å². The van der Waals surface area contributed by atoms with Crippen molar-refractivity contribution in [2.75, 3.05) is 19.7 Å². The van der Waals surface area contributed by atoms with Gasteiger partial charge in [0.15, 0.2) is 0 Å². The molecule has 1 atom stereocenters. The van der Waals surface area contributed by atoms with E-state index in [1.54, 1.807) is 0 Å². The molecule has 1 saturated heterocycles. The molecule has 0 aromatic rings. The zero-order chi connectivity index (χ0) is 8.27. The predicted octanol–water partition coefficient (Wildman–Crippen LogP) is 0.369. The van der Waals surface area contributed by atoms with Gasteiger partial charge in [0.2, 0.25) is 0 Å². The van der Waals surface area contributed by atoms with Gasteiger partial charge >= 0.3 is 6.09 Å². The molecule has 1 aliphatic heterocycles. The number of carboxylic acid groups (broad SMARTS) is 1. The fourth-order valence-corrected chi connectivity index (χ4v) is 1.42. The highest BCUT2D eigenvalue weighted by molar-refractivity contribution is 5.65. The molecule has 0 spiro atoms. The fourth-order valence-electron chi connectivity index (χ4n) is 1.42. The molecule has 4 nitrogen and oxygen atoms in total. The van der Waals surface area contributed by atoms with Gasteiger partial charge in [0.1, 0.15) is 0 Å². The molecule has 1 heterocycles. The summed E-state index contributed by atoms with van der Waals surface area (Å²) in [5, 5.41) is 17.1.